The normalized spacial score (nSPS) is 33.5. The van der Waals surface area contributed by atoms with Crippen LogP contribution in [0.4, 0.5) is 0 Å². The predicted molar refractivity (Wildman–Crippen MR) is 128 cm³/mol. The highest BCUT2D eigenvalue weighted by molar-refractivity contribution is 6.02. The molecule has 2 fully saturated rings. The average molecular weight is 455 g/mol. The number of carbonyl (C=O) groups is 2. The molecule has 3 aliphatic rings. The average Bonchev–Trinajstić information content (AvgIpc) is 3.26. The quantitative estimate of drug-likeness (QED) is 0.584. The number of nitrogens with zero attached hydrogens (tertiary/aromatic N) is 2. The second-order valence-corrected chi connectivity index (χ2v) is 8.45. The maximum absolute atomic E-state index is 13.1. The van der Waals surface area contributed by atoms with Gasteiger partial charge in [-0.3, -0.25) is 14.5 Å². The Balaban J connectivity index is 1.30. The molecule has 2 aromatic rings. The van der Waals surface area contributed by atoms with Crippen molar-refractivity contribution in [2.24, 2.45) is 0 Å². The largest absolute Gasteiger partial charge is 0.489 e. The number of rotatable bonds is 6. The molecule has 0 bridgehead atoms. The maximum atomic E-state index is 13.1. The smallest absolute Gasteiger partial charge is 0.255 e. The third-order valence-electron chi connectivity index (χ3n) is 6.16. The highest BCUT2D eigenvalue weighted by atomic mass is 16.5. The number of hydrogen-bond acceptors (Lipinski definition) is 4. The number of likely N-dealkylation sites (tertiary alicyclic amines) is 1. The number of amides is 1. The third-order valence-corrected chi connectivity index (χ3v) is 6.16. The number of piperidine rings is 1. The van der Waals surface area contributed by atoms with Crippen molar-refractivity contribution in [3.8, 4) is 5.75 Å². The van der Waals surface area contributed by atoms with Gasteiger partial charge in [0.15, 0.2) is 5.78 Å². The number of allylic oxidation sites excluding steroid dienone is 1. The summed E-state index contributed by atoms with van der Waals surface area (Å²) in [5, 5.41) is 0. The van der Waals surface area contributed by atoms with Crippen molar-refractivity contribution in [3.05, 3.63) is 76.9 Å². The highest BCUT2D eigenvalue weighted by Gasteiger charge is 2.39. The van der Waals surface area contributed by atoms with Crippen molar-refractivity contribution in [3.63, 3.8) is 0 Å². The third kappa shape index (κ3) is 4.74. The maximum Gasteiger partial charge on any atom is 0.255 e. The molecule has 2 aliphatic heterocycles. The fourth-order valence-electron chi connectivity index (χ4n) is 4.41. The van der Waals surface area contributed by atoms with Gasteiger partial charge < -0.3 is 9.64 Å². The Kier molecular flexibility index (Phi) is 3.78. The molecular weight excluding hydrogens is 412 g/mol. The minimum Gasteiger partial charge on any atom is -0.489 e. The van der Waals surface area contributed by atoms with Crippen molar-refractivity contribution in [1.82, 2.24) is 9.80 Å². The molecule has 0 radical (unpaired) electrons. The number of fused-ring (bicyclic) bond motifs is 1. The molecule has 1 amide bonds. The molecule has 1 unspecified atom stereocenters. The van der Waals surface area contributed by atoms with Gasteiger partial charge in [0, 0.05) is 37.8 Å². The van der Waals surface area contributed by atoms with Gasteiger partial charge in [0.1, 0.15) is 12.4 Å². The Morgan fingerprint density at radius 2 is 1.79 bits per heavy atom. The van der Waals surface area contributed by atoms with E-state index in [2.05, 4.69) is 6.58 Å². The first-order valence-corrected chi connectivity index (χ1v) is 10.9. The molecule has 0 aromatic heterocycles. The standard InChI is InChI=1S/C28H32N2O3/c1-20-8-13-25(26(31)16-20)30-18-24-23(28(30)32)6-5-7-27(24)33-19-22-11-9-21(10-12-22)17-29-14-3-2-4-15-29/h5-7,9-12,25H,1-4,8,13-19H2/i2D2,3D2,4D2,14D2,15D2. The summed E-state index contributed by atoms with van der Waals surface area (Å²) in [4.78, 5) is 27.7. The Hall–Kier alpha value is -2.92. The van der Waals surface area contributed by atoms with Crippen molar-refractivity contribution in [2.75, 3.05) is 13.0 Å². The summed E-state index contributed by atoms with van der Waals surface area (Å²) in [7, 11) is 0. The summed E-state index contributed by atoms with van der Waals surface area (Å²) >= 11 is 0. The van der Waals surface area contributed by atoms with Crippen molar-refractivity contribution < 1.29 is 28.0 Å². The van der Waals surface area contributed by atoms with E-state index in [0.29, 0.717) is 45.7 Å². The number of hydrogen-bond donors (Lipinski definition) is 0. The lowest BCUT2D eigenvalue weighted by molar-refractivity contribution is -0.124. The Morgan fingerprint density at radius 1 is 1.03 bits per heavy atom. The summed E-state index contributed by atoms with van der Waals surface area (Å²) in [6.07, 6.45) is -8.68. The number of benzene rings is 2. The lowest BCUT2D eigenvalue weighted by Gasteiger charge is -2.30. The van der Waals surface area contributed by atoms with Gasteiger partial charge in [-0.1, -0.05) is 48.9 Å². The second kappa shape index (κ2) is 9.52. The topological polar surface area (TPSA) is 49.9 Å². The van der Waals surface area contributed by atoms with Gasteiger partial charge in [-0.2, -0.15) is 0 Å². The first-order chi connectivity index (χ1) is 19.8. The van der Waals surface area contributed by atoms with Crippen LogP contribution in [0.25, 0.3) is 0 Å². The van der Waals surface area contributed by atoms with Gasteiger partial charge in [0.25, 0.3) is 5.91 Å². The van der Waals surface area contributed by atoms with E-state index < -0.39 is 44.7 Å². The predicted octanol–water partition coefficient (Wildman–Crippen LogP) is 4.89. The second-order valence-electron chi connectivity index (χ2n) is 8.45. The van der Waals surface area contributed by atoms with Gasteiger partial charge >= 0.3 is 0 Å². The molecule has 1 saturated carbocycles. The molecule has 172 valence electrons. The first-order valence-electron chi connectivity index (χ1n) is 15.9. The van der Waals surface area contributed by atoms with Gasteiger partial charge in [0.05, 0.1) is 12.6 Å². The Labute approximate surface area is 210 Å². The molecule has 1 atom stereocenters. The van der Waals surface area contributed by atoms with E-state index in [-0.39, 0.29) is 31.3 Å². The van der Waals surface area contributed by atoms with Crippen LogP contribution in [0.1, 0.15) is 79.1 Å². The van der Waals surface area contributed by atoms with Crippen LogP contribution in [0.15, 0.2) is 54.6 Å². The fourth-order valence-corrected chi connectivity index (χ4v) is 4.41. The number of Topliss-reactive ketones (excluding diaryl/α,β-unsaturated/α-hetero) is 1. The van der Waals surface area contributed by atoms with Gasteiger partial charge in [-0.15, -0.1) is 0 Å². The molecule has 1 saturated heterocycles. The zero-order valence-electron chi connectivity index (χ0n) is 28.2. The van der Waals surface area contributed by atoms with Crippen molar-refractivity contribution in [1.29, 1.82) is 0 Å². The molecule has 0 N–H and O–H groups in total. The van der Waals surface area contributed by atoms with E-state index in [1.54, 1.807) is 47.4 Å². The summed E-state index contributed by atoms with van der Waals surface area (Å²) in [5.41, 5.74) is 3.10. The van der Waals surface area contributed by atoms with E-state index in [9.17, 15) is 9.59 Å². The van der Waals surface area contributed by atoms with Crippen LogP contribution in [0, 0.1) is 0 Å². The molecule has 1 aliphatic carbocycles. The van der Waals surface area contributed by atoms with Crippen molar-refractivity contribution >= 4 is 11.7 Å². The van der Waals surface area contributed by atoms with Crippen LogP contribution >= 0.6 is 0 Å². The van der Waals surface area contributed by atoms with E-state index in [4.69, 9.17) is 18.4 Å². The highest BCUT2D eigenvalue weighted by Crippen LogP contribution is 2.35. The lowest BCUT2D eigenvalue weighted by atomic mass is 9.90. The van der Waals surface area contributed by atoms with E-state index in [1.165, 1.54) is 0 Å². The summed E-state index contributed by atoms with van der Waals surface area (Å²) in [6.45, 7) is -2.63. The van der Waals surface area contributed by atoms with Crippen LogP contribution in [0.5, 0.6) is 5.75 Å². The molecule has 2 heterocycles. The fraction of sp³-hybridized carbons (Fsp3) is 0.429. The van der Waals surface area contributed by atoms with Crippen LogP contribution < -0.4 is 4.74 Å². The lowest BCUT2D eigenvalue weighted by Crippen LogP contribution is -2.43. The summed E-state index contributed by atoms with van der Waals surface area (Å²) in [6, 6.07) is 11.1. The molecule has 0 spiro atoms. The minimum absolute atomic E-state index is 0.0170. The molecule has 33 heavy (non-hydrogen) atoms. The van der Waals surface area contributed by atoms with E-state index in [1.807, 2.05) is 0 Å². The molecule has 2 aromatic carbocycles. The monoisotopic (exact) mass is 454 g/mol. The molecular formula is C28H32N2O3. The van der Waals surface area contributed by atoms with Crippen LogP contribution in [-0.2, 0) is 24.5 Å². The zero-order chi connectivity index (χ0) is 31.8. The van der Waals surface area contributed by atoms with Gasteiger partial charge in [0.2, 0.25) is 0 Å². The number of carbonyl (C=O) groups excluding carboxylic acids is 2. The summed E-state index contributed by atoms with van der Waals surface area (Å²) < 4.78 is 87.5. The SMILES string of the molecule is [2H]C1([2H])N(Cc2ccc(COc3cccc4c3CN(C3CCC(=C)CC3=O)C4=O)cc2)C([2H])([2H])C([2H])([2H])C([2H])([2H])C1([2H])[2H]. The van der Waals surface area contributed by atoms with Crippen LogP contribution in [0.3, 0.4) is 0 Å². The number of ether oxygens (including phenoxy) is 1. The first kappa shape index (κ1) is 13.1. The minimum atomic E-state index is -3.45. The van der Waals surface area contributed by atoms with Gasteiger partial charge in [-0.25, -0.2) is 0 Å². The molecule has 5 heteroatoms. The zero-order valence-corrected chi connectivity index (χ0v) is 18.2. The Morgan fingerprint density at radius 3 is 2.55 bits per heavy atom. The molecule has 5 nitrogen and oxygen atoms in total. The van der Waals surface area contributed by atoms with Crippen LogP contribution in [0.2, 0.25) is 0 Å². The van der Waals surface area contributed by atoms with Crippen molar-refractivity contribution in [2.45, 2.75) is 64.1 Å². The van der Waals surface area contributed by atoms with Crippen LogP contribution in [-0.4, -0.2) is 40.5 Å². The van der Waals surface area contributed by atoms with E-state index >= 15 is 0 Å². The number of ketones is 1. The van der Waals surface area contributed by atoms with Gasteiger partial charge in [-0.05, 0) is 61.8 Å². The Bertz CT molecular complexity index is 1450. The summed E-state index contributed by atoms with van der Waals surface area (Å²) in [5.74, 6) is 0.269. The molecule has 5 rings (SSSR count). The van der Waals surface area contributed by atoms with E-state index in [0.717, 1.165) is 5.57 Å².